The van der Waals surface area contributed by atoms with Gasteiger partial charge in [-0.25, -0.2) is 4.79 Å². The fraction of sp³-hybridized carbons (Fsp3) is 0.923. The third-order valence-electron chi connectivity index (χ3n) is 4.24. The van der Waals surface area contributed by atoms with Crippen molar-refractivity contribution in [3.05, 3.63) is 0 Å². The van der Waals surface area contributed by atoms with Crippen LogP contribution in [0.4, 0.5) is 0 Å². The molecule has 0 aliphatic carbocycles. The number of carboxylic acid groups (broad SMARTS) is 1. The molecule has 25 heavy (non-hydrogen) atoms. The quantitative estimate of drug-likeness (QED) is 0.221. The predicted octanol–water partition coefficient (Wildman–Crippen LogP) is -4.91. The van der Waals surface area contributed by atoms with E-state index in [0.29, 0.717) is 0 Å². The van der Waals surface area contributed by atoms with Crippen LogP contribution in [0.15, 0.2) is 0 Å². The number of hydrogen-bond donors (Lipinski definition) is 8. The standard InChI is InChI=1S/C13H22O12/c14-2-5-8(18)9(19)11(23-5)24-6(3-15)10-7(17)4(16)1-13(22,25-10)12(20)21/h4-11,14-19,22H,1-3H2,(H,20,21)/t4-,5-,6-,7-,8-,9-,10-,11+,13-/m1/s1. The van der Waals surface area contributed by atoms with E-state index < -0.39 is 80.4 Å². The number of carbonyl (C=O) groups is 1. The van der Waals surface area contributed by atoms with Crippen LogP contribution in [0, 0.1) is 0 Å². The molecule has 0 amide bonds. The van der Waals surface area contributed by atoms with Gasteiger partial charge in [0.1, 0.15) is 36.6 Å². The van der Waals surface area contributed by atoms with Crippen molar-refractivity contribution < 1.29 is 59.9 Å². The first-order chi connectivity index (χ1) is 11.6. The van der Waals surface area contributed by atoms with Crippen LogP contribution in [0.1, 0.15) is 6.42 Å². The van der Waals surface area contributed by atoms with Crippen LogP contribution >= 0.6 is 0 Å². The zero-order valence-corrected chi connectivity index (χ0v) is 13.0. The molecule has 8 N–H and O–H groups in total. The second-order valence-electron chi connectivity index (χ2n) is 6.00. The summed E-state index contributed by atoms with van der Waals surface area (Å²) in [7, 11) is 0. The van der Waals surface area contributed by atoms with E-state index in [9.17, 15) is 35.4 Å². The number of aliphatic hydroxyl groups is 7. The van der Waals surface area contributed by atoms with Crippen LogP contribution in [0.3, 0.4) is 0 Å². The Bertz CT molecular complexity index is 474. The van der Waals surface area contributed by atoms with Gasteiger partial charge in [-0.2, -0.15) is 0 Å². The Balaban J connectivity index is 2.14. The molecule has 2 rings (SSSR count). The number of hydrogen-bond acceptors (Lipinski definition) is 11. The average Bonchev–Trinajstić information content (AvgIpc) is 2.83. The van der Waals surface area contributed by atoms with Gasteiger partial charge in [0.25, 0.3) is 5.79 Å². The third kappa shape index (κ3) is 3.93. The maximum atomic E-state index is 11.1. The fourth-order valence-electron chi connectivity index (χ4n) is 2.77. The second kappa shape index (κ2) is 7.75. The highest BCUT2D eigenvalue weighted by Gasteiger charge is 2.54. The van der Waals surface area contributed by atoms with Crippen molar-refractivity contribution in [3.63, 3.8) is 0 Å². The molecule has 2 fully saturated rings. The highest BCUT2D eigenvalue weighted by atomic mass is 16.7. The largest absolute Gasteiger partial charge is 0.477 e. The third-order valence-corrected chi connectivity index (χ3v) is 4.24. The van der Waals surface area contributed by atoms with Crippen LogP contribution in [-0.2, 0) is 19.0 Å². The lowest BCUT2D eigenvalue weighted by atomic mass is 9.92. The Morgan fingerprint density at radius 1 is 1.16 bits per heavy atom. The lowest BCUT2D eigenvalue weighted by Gasteiger charge is -2.42. The number of rotatable bonds is 6. The van der Waals surface area contributed by atoms with Gasteiger partial charge in [-0.15, -0.1) is 0 Å². The molecular weight excluding hydrogens is 348 g/mol. The molecule has 2 heterocycles. The molecule has 0 saturated carbocycles. The molecule has 0 aromatic heterocycles. The molecule has 12 nitrogen and oxygen atoms in total. The van der Waals surface area contributed by atoms with Crippen molar-refractivity contribution >= 4 is 5.97 Å². The molecule has 0 bridgehead atoms. The van der Waals surface area contributed by atoms with E-state index in [4.69, 9.17) is 24.4 Å². The van der Waals surface area contributed by atoms with Crippen LogP contribution in [0.2, 0.25) is 0 Å². The smallest absolute Gasteiger partial charge is 0.364 e. The molecular formula is C13H22O12. The number of aliphatic carboxylic acids is 1. The van der Waals surface area contributed by atoms with Gasteiger partial charge in [0, 0.05) is 6.42 Å². The molecule has 0 radical (unpaired) electrons. The summed E-state index contributed by atoms with van der Waals surface area (Å²) in [5, 5.41) is 76.6. The van der Waals surface area contributed by atoms with Crippen LogP contribution < -0.4 is 0 Å². The summed E-state index contributed by atoms with van der Waals surface area (Å²) in [5.41, 5.74) is 0. The zero-order chi connectivity index (χ0) is 18.9. The summed E-state index contributed by atoms with van der Waals surface area (Å²) in [6, 6.07) is 0. The maximum absolute atomic E-state index is 11.1. The van der Waals surface area contributed by atoms with Gasteiger partial charge in [-0.3, -0.25) is 0 Å². The minimum Gasteiger partial charge on any atom is -0.477 e. The summed E-state index contributed by atoms with van der Waals surface area (Å²) in [6.07, 6.45) is -13.2. The van der Waals surface area contributed by atoms with E-state index in [1.165, 1.54) is 0 Å². The Hall–Kier alpha value is -0.930. The van der Waals surface area contributed by atoms with Crippen LogP contribution in [-0.4, -0.2) is 115 Å². The molecule has 0 aromatic carbocycles. The predicted molar refractivity (Wildman–Crippen MR) is 73.8 cm³/mol. The van der Waals surface area contributed by atoms with Crippen molar-refractivity contribution in [1.29, 1.82) is 0 Å². The first kappa shape index (κ1) is 20.4. The lowest BCUT2D eigenvalue weighted by molar-refractivity contribution is -0.324. The van der Waals surface area contributed by atoms with E-state index >= 15 is 0 Å². The van der Waals surface area contributed by atoms with E-state index in [-0.39, 0.29) is 0 Å². The molecule has 0 unspecified atom stereocenters. The van der Waals surface area contributed by atoms with E-state index in [1.54, 1.807) is 0 Å². The molecule has 146 valence electrons. The van der Waals surface area contributed by atoms with Crippen molar-refractivity contribution in [3.8, 4) is 0 Å². The van der Waals surface area contributed by atoms with Gasteiger partial charge in [0.15, 0.2) is 6.29 Å². The Morgan fingerprint density at radius 3 is 2.28 bits per heavy atom. The average molecular weight is 370 g/mol. The maximum Gasteiger partial charge on any atom is 0.364 e. The van der Waals surface area contributed by atoms with Gasteiger partial charge in [0.2, 0.25) is 0 Å². The normalized spacial score (nSPS) is 46.1. The molecule has 12 heteroatoms. The Labute approximate surface area is 141 Å². The van der Waals surface area contributed by atoms with Crippen LogP contribution in [0.5, 0.6) is 0 Å². The van der Waals surface area contributed by atoms with Crippen LogP contribution in [0.25, 0.3) is 0 Å². The van der Waals surface area contributed by atoms with E-state index in [1.807, 2.05) is 0 Å². The Morgan fingerprint density at radius 2 is 1.80 bits per heavy atom. The number of ether oxygens (including phenoxy) is 3. The SMILES string of the molecule is O=C(O)[C@@]1(O)C[C@@H](O)[C@@H](O)[C@@H]([C@@H](CO)O[C@@H]2O[C@H](CO)[C@@H](O)[C@H]2O)O1. The number of aliphatic hydroxyl groups excluding tert-OH is 6. The molecule has 9 atom stereocenters. The molecule has 2 saturated heterocycles. The summed E-state index contributed by atoms with van der Waals surface area (Å²) < 4.78 is 15.2. The summed E-state index contributed by atoms with van der Waals surface area (Å²) >= 11 is 0. The molecule has 2 aliphatic rings. The van der Waals surface area contributed by atoms with Gasteiger partial charge >= 0.3 is 5.97 Å². The van der Waals surface area contributed by atoms with Gasteiger partial charge in [-0.1, -0.05) is 0 Å². The van der Waals surface area contributed by atoms with Gasteiger partial charge in [0.05, 0.1) is 19.3 Å². The van der Waals surface area contributed by atoms with Crippen molar-refractivity contribution in [2.75, 3.05) is 13.2 Å². The fourth-order valence-corrected chi connectivity index (χ4v) is 2.77. The minimum atomic E-state index is -2.82. The summed E-state index contributed by atoms with van der Waals surface area (Å²) in [6.45, 7) is -1.49. The number of carboxylic acids is 1. The molecule has 0 spiro atoms. The Kier molecular flexibility index (Phi) is 6.32. The van der Waals surface area contributed by atoms with E-state index in [2.05, 4.69) is 0 Å². The summed E-state index contributed by atoms with van der Waals surface area (Å²) in [5.74, 6) is -4.63. The van der Waals surface area contributed by atoms with Gasteiger partial charge < -0.3 is 55.1 Å². The summed E-state index contributed by atoms with van der Waals surface area (Å²) in [4.78, 5) is 11.1. The second-order valence-corrected chi connectivity index (χ2v) is 6.00. The van der Waals surface area contributed by atoms with Crippen molar-refractivity contribution in [2.24, 2.45) is 0 Å². The topological polar surface area (TPSA) is 207 Å². The lowest BCUT2D eigenvalue weighted by Crippen LogP contribution is -2.62. The van der Waals surface area contributed by atoms with Gasteiger partial charge in [-0.05, 0) is 0 Å². The van der Waals surface area contributed by atoms with Crippen molar-refractivity contribution in [1.82, 2.24) is 0 Å². The molecule has 2 aliphatic heterocycles. The highest BCUT2D eigenvalue weighted by Crippen LogP contribution is 2.32. The monoisotopic (exact) mass is 370 g/mol. The first-order valence-electron chi connectivity index (χ1n) is 7.53. The van der Waals surface area contributed by atoms with Crippen molar-refractivity contribution in [2.45, 2.75) is 61.2 Å². The first-order valence-corrected chi connectivity index (χ1v) is 7.53. The highest BCUT2D eigenvalue weighted by molar-refractivity contribution is 5.75. The molecule has 0 aromatic rings. The minimum absolute atomic E-state index is 0.623. The zero-order valence-electron chi connectivity index (χ0n) is 13.0. The van der Waals surface area contributed by atoms with E-state index in [0.717, 1.165) is 0 Å².